The molecule has 1 aromatic carbocycles. The van der Waals surface area contributed by atoms with Gasteiger partial charge in [0.05, 0.1) is 17.7 Å². The Balaban J connectivity index is 1.79. The number of hydrogen-bond acceptors (Lipinski definition) is 3. The zero-order chi connectivity index (χ0) is 13.0. The summed E-state index contributed by atoms with van der Waals surface area (Å²) >= 11 is 5.88. The van der Waals surface area contributed by atoms with E-state index < -0.39 is 0 Å². The highest BCUT2D eigenvalue weighted by atomic mass is 35.5. The van der Waals surface area contributed by atoms with Crippen molar-refractivity contribution in [2.24, 2.45) is 0 Å². The molecule has 5 heteroatoms. The van der Waals surface area contributed by atoms with Crippen LogP contribution in [0.15, 0.2) is 18.2 Å². The van der Waals surface area contributed by atoms with Crippen LogP contribution in [0.1, 0.15) is 5.56 Å². The number of ether oxygens (including phenoxy) is 1. The lowest BCUT2D eigenvalue weighted by atomic mass is 10.2. The van der Waals surface area contributed by atoms with Gasteiger partial charge in [-0.2, -0.15) is 0 Å². The summed E-state index contributed by atoms with van der Waals surface area (Å²) in [6, 6.07) is 4.86. The monoisotopic (exact) mass is 272 g/mol. The first-order valence-corrected chi connectivity index (χ1v) is 6.48. The zero-order valence-electron chi connectivity index (χ0n) is 10.5. The first kappa shape index (κ1) is 13.7. The number of nitrogens with one attached hydrogen (secondary N) is 1. The van der Waals surface area contributed by atoms with Crippen molar-refractivity contribution in [1.29, 1.82) is 0 Å². The molecule has 1 atom stereocenters. The average molecular weight is 273 g/mol. The maximum Gasteiger partial charge on any atom is 0.142 e. The number of rotatable bonds is 4. The molecular weight excluding hydrogens is 255 g/mol. The fraction of sp³-hybridized carbons (Fsp3) is 0.538. The van der Waals surface area contributed by atoms with Gasteiger partial charge in [0, 0.05) is 26.2 Å². The summed E-state index contributed by atoms with van der Waals surface area (Å²) < 4.78 is 18.9. The van der Waals surface area contributed by atoms with Crippen LogP contribution in [0.2, 0.25) is 5.02 Å². The standard InChI is InChI=1S/C13H18ClFN2O/c1-17-5-6-18-11(9-17)8-16-7-10-3-2-4-12(15)13(10)14/h2-4,11,16H,5-9H2,1H3. The molecule has 1 aliphatic heterocycles. The molecule has 1 heterocycles. The van der Waals surface area contributed by atoms with Crippen molar-refractivity contribution < 1.29 is 9.13 Å². The molecule has 3 nitrogen and oxygen atoms in total. The van der Waals surface area contributed by atoms with Crippen LogP contribution in [0.5, 0.6) is 0 Å². The highest BCUT2D eigenvalue weighted by molar-refractivity contribution is 6.31. The summed E-state index contributed by atoms with van der Waals surface area (Å²) in [5, 5.41) is 3.46. The van der Waals surface area contributed by atoms with Gasteiger partial charge in [-0.3, -0.25) is 0 Å². The van der Waals surface area contributed by atoms with Crippen LogP contribution < -0.4 is 5.32 Å². The van der Waals surface area contributed by atoms with Crippen LogP contribution >= 0.6 is 11.6 Å². The number of nitrogens with zero attached hydrogens (tertiary/aromatic N) is 1. The van der Waals surface area contributed by atoms with E-state index in [1.54, 1.807) is 6.07 Å². The lowest BCUT2D eigenvalue weighted by Crippen LogP contribution is -2.44. The highest BCUT2D eigenvalue weighted by Gasteiger charge is 2.17. The minimum atomic E-state index is -0.371. The molecule has 0 aromatic heterocycles. The molecule has 1 N–H and O–H groups in total. The van der Waals surface area contributed by atoms with Crippen molar-refractivity contribution >= 4 is 11.6 Å². The van der Waals surface area contributed by atoms with Gasteiger partial charge in [0.15, 0.2) is 0 Å². The minimum Gasteiger partial charge on any atom is -0.374 e. The predicted octanol–water partition coefficient (Wildman–Crippen LogP) is 1.90. The van der Waals surface area contributed by atoms with Gasteiger partial charge < -0.3 is 15.0 Å². The third-order valence-electron chi connectivity index (χ3n) is 3.06. The molecule has 0 amide bonds. The zero-order valence-corrected chi connectivity index (χ0v) is 11.2. The fourth-order valence-corrected chi connectivity index (χ4v) is 2.24. The average Bonchev–Trinajstić information content (AvgIpc) is 2.35. The maximum absolute atomic E-state index is 13.2. The van der Waals surface area contributed by atoms with E-state index in [9.17, 15) is 4.39 Å². The summed E-state index contributed by atoms with van der Waals surface area (Å²) in [6.07, 6.45) is 0.191. The Bertz CT molecular complexity index is 403. The topological polar surface area (TPSA) is 24.5 Å². The van der Waals surface area contributed by atoms with Crippen LogP contribution in [0, 0.1) is 5.82 Å². The smallest absolute Gasteiger partial charge is 0.142 e. The van der Waals surface area contributed by atoms with E-state index >= 15 is 0 Å². The normalized spacial score (nSPS) is 21.2. The predicted molar refractivity (Wildman–Crippen MR) is 70.4 cm³/mol. The van der Waals surface area contributed by atoms with Crippen LogP contribution in [0.4, 0.5) is 4.39 Å². The van der Waals surface area contributed by atoms with Crippen LogP contribution in [-0.2, 0) is 11.3 Å². The summed E-state index contributed by atoms with van der Waals surface area (Å²) in [5.41, 5.74) is 0.779. The Morgan fingerprint density at radius 1 is 1.56 bits per heavy atom. The number of benzene rings is 1. The molecule has 1 saturated heterocycles. The summed E-state index contributed by atoms with van der Waals surface area (Å²) in [7, 11) is 2.08. The molecule has 0 saturated carbocycles. The lowest BCUT2D eigenvalue weighted by Gasteiger charge is -2.30. The summed E-state index contributed by atoms with van der Waals surface area (Å²) in [5.74, 6) is -0.371. The Morgan fingerprint density at radius 3 is 3.17 bits per heavy atom. The molecule has 1 fully saturated rings. The largest absolute Gasteiger partial charge is 0.374 e. The molecule has 0 spiro atoms. The van der Waals surface area contributed by atoms with E-state index in [0.717, 1.165) is 31.8 Å². The van der Waals surface area contributed by atoms with E-state index in [2.05, 4.69) is 17.3 Å². The second-order valence-electron chi connectivity index (χ2n) is 4.60. The number of morpholine rings is 1. The maximum atomic E-state index is 13.2. The van der Waals surface area contributed by atoms with E-state index in [-0.39, 0.29) is 16.9 Å². The van der Waals surface area contributed by atoms with E-state index in [1.165, 1.54) is 6.07 Å². The number of halogens is 2. The fourth-order valence-electron chi connectivity index (χ4n) is 2.04. The molecule has 1 unspecified atom stereocenters. The summed E-state index contributed by atoms with van der Waals surface area (Å²) in [6.45, 7) is 3.97. The van der Waals surface area contributed by atoms with Gasteiger partial charge in [-0.1, -0.05) is 23.7 Å². The quantitative estimate of drug-likeness (QED) is 0.906. The molecule has 2 rings (SSSR count). The van der Waals surface area contributed by atoms with Crippen molar-refractivity contribution in [2.45, 2.75) is 12.6 Å². The Morgan fingerprint density at radius 2 is 2.39 bits per heavy atom. The Kier molecular flexibility index (Phi) is 4.95. The van der Waals surface area contributed by atoms with Gasteiger partial charge in [-0.25, -0.2) is 4.39 Å². The summed E-state index contributed by atoms with van der Waals surface area (Å²) in [4.78, 5) is 2.24. The first-order chi connectivity index (χ1) is 8.66. The Hall–Kier alpha value is -0.680. The SMILES string of the molecule is CN1CCOC(CNCc2cccc(F)c2Cl)C1. The number of hydrogen-bond donors (Lipinski definition) is 1. The lowest BCUT2D eigenvalue weighted by molar-refractivity contribution is -0.0182. The molecular formula is C13H18ClFN2O. The van der Waals surface area contributed by atoms with Gasteiger partial charge in [0.25, 0.3) is 0 Å². The van der Waals surface area contributed by atoms with Crippen LogP contribution in [0.25, 0.3) is 0 Å². The molecule has 18 heavy (non-hydrogen) atoms. The van der Waals surface area contributed by atoms with Gasteiger partial charge in [0.2, 0.25) is 0 Å². The second-order valence-corrected chi connectivity index (χ2v) is 4.98. The molecule has 0 bridgehead atoms. The van der Waals surface area contributed by atoms with Gasteiger partial charge in [0.1, 0.15) is 5.82 Å². The third kappa shape index (κ3) is 3.65. The minimum absolute atomic E-state index is 0.191. The van der Waals surface area contributed by atoms with Crippen molar-refractivity contribution in [3.05, 3.63) is 34.6 Å². The molecule has 0 radical (unpaired) electrons. The van der Waals surface area contributed by atoms with Crippen molar-refractivity contribution in [1.82, 2.24) is 10.2 Å². The molecule has 0 aliphatic carbocycles. The highest BCUT2D eigenvalue weighted by Crippen LogP contribution is 2.19. The molecule has 100 valence electrons. The van der Waals surface area contributed by atoms with Crippen molar-refractivity contribution in [2.75, 3.05) is 33.3 Å². The Labute approximate surface area is 112 Å². The van der Waals surface area contributed by atoms with Crippen molar-refractivity contribution in [3.63, 3.8) is 0 Å². The van der Waals surface area contributed by atoms with Gasteiger partial charge >= 0.3 is 0 Å². The van der Waals surface area contributed by atoms with E-state index in [1.807, 2.05) is 6.07 Å². The van der Waals surface area contributed by atoms with Crippen LogP contribution in [0.3, 0.4) is 0 Å². The third-order valence-corrected chi connectivity index (χ3v) is 3.48. The van der Waals surface area contributed by atoms with Gasteiger partial charge in [-0.05, 0) is 18.7 Å². The van der Waals surface area contributed by atoms with Crippen LogP contribution in [-0.4, -0.2) is 44.3 Å². The van der Waals surface area contributed by atoms with E-state index in [0.29, 0.717) is 6.54 Å². The second kappa shape index (κ2) is 6.48. The van der Waals surface area contributed by atoms with Gasteiger partial charge in [-0.15, -0.1) is 0 Å². The van der Waals surface area contributed by atoms with E-state index in [4.69, 9.17) is 16.3 Å². The first-order valence-electron chi connectivity index (χ1n) is 6.10. The molecule has 1 aliphatic rings. The number of likely N-dealkylation sites (N-methyl/N-ethyl adjacent to an activating group) is 1. The van der Waals surface area contributed by atoms with Crippen molar-refractivity contribution in [3.8, 4) is 0 Å². The molecule has 1 aromatic rings.